The molecule has 102 valence electrons. The molecule has 1 aromatic carbocycles. The molecular formula is C16H16FN3. The zero-order valence-electron chi connectivity index (χ0n) is 11.8. The van der Waals surface area contributed by atoms with Crippen molar-refractivity contribution in [2.24, 2.45) is 0 Å². The van der Waals surface area contributed by atoms with Crippen molar-refractivity contribution < 1.29 is 4.39 Å². The first-order valence-corrected chi connectivity index (χ1v) is 6.67. The van der Waals surface area contributed by atoms with Crippen LogP contribution >= 0.6 is 0 Å². The van der Waals surface area contributed by atoms with E-state index in [0.29, 0.717) is 5.92 Å². The molecule has 0 saturated carbocycles. The number of hydrogen-bond donors (Lipinski definition) is 0. The Kier molecular flexibility index (Phi) is 3.01. The monoisotopic (exact) mass is 269 g/mol. The fourth-order valence-corrected chi connectivity index (χ4v) is 2.33. The number of benzene rings is 1. The Balaban J connectivity index is 2.26. The number of imidazole rings is 1. The molecule has 0 spiro atoms. The Labute approximate surface area is 117 Å². The molecule has 0 atom stereocenters. The van der Waals surface area contributed by atoms with Gasteiger partial charge in [-0.1, -0.05) is 26.0 Å². The van der Waals surface area contributed by atoms with E-state index in [-0.39, 0.29) is 5.82 Å². The first-order valence-electron chi connectivity index (χ1n) is 6.67. The molecule has 3 nitrogen and oxygen atoms in total. The van der Waals surface area contributed by atoms with Gasteiger partial charge in [-0.3, -0.25) is 0 Å². The molecule has 0 radical (unpaired) electrons. The largest absolute Gasteiger partial charge is 0.232 e. The van der Waals surface area contributed by atoms with E-state index in [1.54, 1.807) is 10.6 Å². The minimum absolute atomic E-state index is 0.252. The number of aromatic nitrogens is 3. The summed E-state index contributed by atoms with van der Waals surface area (Å²) < 4.78 is 15.2. The highest BCUT2D eigenvalue weighted by atomic mass is 19.1. The molecule has 3 aromatic rings. The minimum atomic E-state index is -0.252. The van der Waals surface area contributed by atoms with Gasteiger partial charge >= 0.3 is 0 Å². The van der Waals surface area contributed by atoms with Crippen molar-refractivity contribution in [1.29, 1.82) is 0 Å². The van der Waals surface area contributed by atoms with E-state index in [9.17, 15) is 4.39 Å². The van der Waals surface area contributed by atoms with Crippen molar-refractivity contribution in [2.45, 2.75) is 26.7 Å². The fourth-order valence-electron chi connectivity index (χ4n) is 2.33. The van der Waals surface area contributed by atoms with Crippen LogP contribution in [0.4, 0.5) is 4.39 Å². The van der Waals surface area contributed by atoms with Crippen LogP contribution < -0.4 is 0 Å². The molecule has 0 N–H and O–H groups in total. The summed E-state index contributed by atoms with van der Waals surface area (Å²) in [6.45, 7) is 6.18. The van der Waals surface area contributed by atoms with Crippen LogP contribution in [0.25, 0.3) is 16.9 Å². The Morgan fingerprint density at radius 3 is 2.70 bits per heavy atom. The smallest absolute Gasteiger partial charge is 0.157 e. The highest BCUT2D eigenvalue weighted by Gasteiger charge is 2.12. The van der Waals surface area contributed by atoms with Gasteiger partial charge in [0.25, 0.3) is 0 Å². The van der Waals surface area contributed by atoms with Crippen molar-refractivity contribution in [3.63, 3.8) is 0 Å². The van der Waals surface area contributed by atoms with Crippen LogP contribution in [0.3, 0.4) is 0 Å². The van der Waals surface area contributed by atoms with Gasteiger partial charge in [0.05, 0.1) is 17.6 Å². The molecule has 3 rings (SSSR count). The Hall–Kier alpha value is -2.23. The number of nitrogens with zero attached hydrogens (tertiary/aromatic N) is 3. The molecule has 2 heterocycles. The lowest BCUT2D eigenvalue weighted by Crippen LogP contribution is -2.00. The van der Waals surface area contributed by atoms with E-state index in [0.717, 1.165) is 28.2 Å². The van der Waals surface area contributed by atoms with Crippen molar-refractivity contribution in [3.05, 3.63) is 53.6 Å². The lowest BCUT2D eigenvalue weighted by Gasteiger charge is -2.10. The van der Waals surface area contributed by atoms with Crippen LogP contribution in [0.15, 0.2) is 36.5 Å². The highest BCUT2D eigenvalue weighted by Crippen LogP contribution is 2.25. The van der Waals surface area contributed by atoms with E-state index >= 15 is 0 Å². The molecule has 0 unspecified atom stereocenters. The average molecular weight is 269 g/mol. The van der Waals surface area contributed by atoms with Gasteiger partial charge in [0.2, 0.25) is 0 Å². The second kappa shape index (κ2) is 4.71. The standard InChI is InChI=1S/C16H16FN3/c1-10(2)14-8-15(12-5-4-6-13(17)7-12)19-20-9-11(3)18-16(14)20/h4-10H,1-3H3. The first-order chi connectivity index (χ1) is 9.54. The van der Waals surface area contributed by atoms with Gasteiger partial charge in [0.1, 0.15) is 5.82 Å². The third-order valence-electron chi connectivity index (χ3n) is 3.32. The lowest BCUT2D eigenvalue weighted by atomic mass is 10.0. The van der Waals surface area contributed by atoms with E-state index in [1.165, 1.54) is 12.1 Å². The molecule has 0 amide bonds. The van der Waals surface area contributed by atoms with E-state index in [1.807, 2.05) is 25.3 Å². The van der Waals surface area contributed by atoms with Crippen LogP contribution in [0, 0.1) is 12.7 Å². The summed E-state index contributed by atoms with van der Waals surface area (Å²) in [5, 5.41) is 4.54. The summed E-state index contributed by atoms with van der Waals surface area (Å²) in [5.41, 5.74) is 4.46. The topological polar surface area (TPSA) is 30.2 Å². The van der Waals surface area contributed by atoms with Crippen LogP contribution in [-0.2, 0) is 0 Å². The van der Waals surface area contributed by atoms with Crippen molar-refractivity contribution in [1.82, 2.24) is 14.6 Å². The van der Waals surface area contributed by atoms with E-state index < -0.39 is 0 Å². The molecule has 2 aromatic heterocycles. The molecule has 0 aliphatic carbocycles. The zero-order valence-corrected chi connectivity index (χ0v) is 11.8. The molecule has 4 heteroatoms. The van der Waals surface area contributed by atoms with Crippen LogP contribution in [-0.4, -0.2) is 14.6 Å². The number of aryl methyl sites for hydroxylation is 1. The number of halogens is 1. The minimum Gasteiger partial charge on any atom is -0.232 e. The maximum absolute atomic E-state index is 13.4. The van der Waals surface area contributed by atoms with Crippen molar-refractivity contribution >= 4 is 5.65 Å². The normalized spacial score (nSPS) is 11.4. The molecule has 0 fully saturated rings. The zero-order chi connectivity index (χ0) is 14.3. The third kappa shape index (κ3) is 2.18. The number of fused-ring (bicyclic) bond motifs is 1. The summed E-state index contributed by atoms with van der Waals surface area (Å²) in [6.07, 6.45) is 1.89. The molecule has 0 saturated heterocycles. The maximum Gasteiger partial charge on any atom is 0.157 e. The lowest BCUT2D eigenvalue weighted by molar-refractivity contribution is 0.628. The van der Waals surface area contributed by atoms with Gasteiger partial charge in [-0.05, 0) is 31.0 Å². The van der Waals surface area contributed by atoms with Gasteiger partial charge in [-0.15, -0.1) is 0 Å². The predicted molar refractivity (Wildman–Crippen MR) is 77.2 cm³/mol. The van der Waals surface area contributed by atoms with Gasteiger partial charge < -0.3 is 0 Å². The second-order valence-corrected chi connectivity index (χ2v) is 5.30. The highest BCUT2D eigenvalue weighted by molar-refractivity contribution is 5.63. The van der Waals surface area contributed by atoms with Gasteiger partial charge in [0.15, 0.2) is 5.65 Å². The molecule has 0 aliphatic heterocycles. The Bertz CT molecular complexity index is 774. The van der Waals surface area contributed by atoms with Gasteiger partial charge in [0, 0.05) is 11.1 Å². The molecule has 20 heavy (non-hydrogen) atoms. The summed E-state index contributed by atoms with van der Waals surface area (Å²) in [5.74, 6) is 0.0758. The van der Waals surface area contributed by atoms with E-state index in [4.69, 9.17) is 0 Å². The second-order valence-electron chi connectivity index (χ2n) is 5.30. The van der Waals surface area contributed by atoms with Crippen molar-refractivity contribution in [3.8, 4) is 11.3 Å². The molecule has 0 aliphatic rings. The third-order valence-corrected chi connectivity index (χ3v) is 3.32. The predicted octanol–water partition coefficient (Wildman–Crippen LogP) is 3.97. The van der Waals surface area contributed by atoms with Gasteiger partial charge in [-0.2, -0.15) is 5.10 Å². The van der Waals surface area contributed by atoms with Crippen LogP contribution in [0.5, 0.6) is 0 Å². The summed E-state index contributed by atoms with van der Waals surface area (Å²) in [4.78, 5) is 4.51. The molecular weight excluding hydrogens is 253 g/mol. The fraction of sp³-hybridized carbons (Fsp3) is 0.250. The number of hydrogen-bond acceptors (Lipinski definition) is 2. The van der Waals surface area contributed by atoms with Crippen LogP contribution in [0.2, 0.25) is 0 Å². The molecule has 0 bridgehead atoms. The van der Waals surface area contributed by atoms with Crippen molar-refractivity contribution in [2.75, 3.05) is 0 Å². The van der Waals surface area contributed by atoms with E-state index in [2.05, 4.69) is 23.9 Å². The quantitative estimate of drug-likeness (QED) is 0.704. The van der Waals surface area contributed by atoms with Crippen LogP contribution in [0.1, 0.15) is 31.0 Å². The average Bonchev–Trinajstić information content (AvgIpc) is 2.77. The number of rotatable bonds is 2. The Morgan fingerprint density at radius 2 is 2.00 bits per heavy atom. The maximum atomic E-state index is 13.4. The van der Waals surface area contributed by atoms with Gasteiger partial charge in [-0.25, -0.2) is 13.9 Å². The summed E-state index contributed by atoms with van der Waals surface area (Å²) in [7, 11) is 0. The summed E-state index contributed by atoms with van der Waals surface area (Å²) in [6, 6.07) is 8.51. The Morgan fingerprint density at radius 1 is 1.20 bits per heavy atom. The summed E-state index contributed by atoms with van der Waals surface area (Å²) >= 11 is 0. The first kappa shape index (κ1) is 12.8. The SMILES string of the molecule is Cc1cn2nc(-c3cccc(F)c3)cc(C(C)C)c2n1.